The van der Waals surface area contributed by atoms with Crippen LogP contribution < -0.4 is 5.32 Å². The first-order valence-corrected chi connectivity index (χ1v) is 8.22. The van der Waals surface area contributed by atoms with Crippen molar-refractivity contribution in [2.45, 2.75) is 6.54 Å². The fourth-order valence-corrected chi connectivity index (χ4v) is 3.40. The third-order valence-electron chi connectivity index (χ3n) is 3.38. The number of benzene rings is 1. The molecular weight excluding hydrogens is 304 g/mol. The molecular formula is C18H18N4S. The van der Waals surface area contributed by atoms with Crippen LogP contribution in [-0.2, 0) is 6.54 Å². The predicted octanol–water partition coefficient (Wildman–Crippen LogP) is 3.47. The number of aromatic nitrogens is 2. The zero-order chi connectivity index (χ0) is 16.2. The van der Waals surface area contributed by atoms with Gasteiger partial charge in [0.05, 0.1) is 18.5 Å². The molecule has 0 spiro atoms. The monoisotopic (exact) mass is 322 g/mol. The summed E-state index contributed by atoms with van der Waals surface area (Å²) in [7, 11) is 4.01. The molecule has 3 aromatic rings. The van der Waals surface area contributed by atoms with Gasteiger partial charge in [-0.2, -0.15) is 0 Å². The van der Waals surface area contributed by atoms with Crippen LogP contribution in [0.3, 0.4) is 0 Å². The Morgan fingerprint density at radius 2 is 2.00 bits per heavy atom. The number of anilines is 1. The maximum absolute atomic E-state index is 5.40. The van der Waals surface area contributed by atoms with Crippen molar-refractivity contribution in [2.24, 2.45) is 0 Å². The van der Waals surface area contributed by atoms with Gasteiger partial charge in [0.25, 0.3) is 0 Å². The molecule has 116 valence electrons. The Hall–Kier alpha value is -2.42. The summed E-state index contributed by atoms with van der Waals surface area (Å²) in [6.45, 7) is 1.14. The van der Waals surface area contributed by atoms with E-state index in [-0.39, 0.29) is 0 Å². The van der Waals surface area contributed by atoms with Crippen molar-refractivity contribution in [3.8, 4) is 23.5 Å². The first-order valence-electron chi connectivity index (χ1n) is 7.34. The number of thiophene rings is 1. The van der Waals surface area contributed by atoms with Crippen LogP contribution in [0.4, 0.5) is 5.82 Å². The molecule has 0 unspecified atom stereocenters. The van der Waals surface area contributed by atoms with Crippen molar-refractivity contribution in [1.82, 2.24) is 14.9 Å². The van der Waals surface area contributed by atoms with E-state index in [0.717, 1.165) is 33.0 Å². The van der Waals surface area contributed by atoms with E-state index in [1.165, 1.54) is 0 Å². The summed E-state index contributed by atoms with van der Waals surface area (Å²) in [4.78, 5) is 12.4. The van der Waals surface area contributed by atoms with Crippen LogP contribution in [0.15, 0.2) is 35.7 Å². The van der Waals surface area contributed by atoms with Crippen molar-refractivity contribution >= 4 is 27.4 Å². The summed E-state index contributed by atoms with van der Waals surface area (Å²) in [5.41, 5.74) is 2.30. The van der Waals surface area contributed by atoms with E-state index in [1.54, 1.807) is 11.3 Å². The van der Waals surface area contributed by atoms with Gasteiger partial charge in [-0.25, -0.2) is 9.97 Å². The zero-order valence-electron chi connectivity index (χ0n) is 13.2. The second-order valence-electron chi connectivity index (χ2n) is 5.48. The predicted molar refractivity (Wildman–Crippen MR) is 97.6 cm³/mol. The minimum atomic E-state index is 0.442. The van der Waals surface area contributed by atoms with Crippen molar-refractivity contribution < 1.29 is 0 Å². The van der Waals surface area contributed by atoms with Gasteiger partial charge in [-0.05, 0) is 19.7 Å². The number of hydrogen-bond donors (Lipinski definition) is 1. The zero-order valence-corrected chi connectivity index (χ0v) is 14.0. The van der Waals surface area contributed by atoms with Gasteiger partial charge in [-0.3, -0.25) is 0 Å². The van der Waals surface area contributed by atoms with Crippen LogP contribution in [-0.4, -0.2) is 35.5 Å². The molecule has 23 heavy (non-hydrogen) atoms. The fraction of sp³-hybridized carbons (Fsp3) is 0.222. The van der Waals surface area contributed by atoms with Crippen LogP contribution in [0.5, 0.6) is 0 Å². The smallest absolute Gasteiger partial charge is 0.146 e. The molecule has 0 aliphatic heterocycles. The van der Waals surface area contributed by atoms with E-state index in [2.05, 4.69) is 38.6 Å². The van der Waals surface area contributed by atoms with Crippen molar-refractivity contribution in [3.63, 3.8) is 0 Å². The van der Waals surface area contributed by atoms with Crippen molar-refractivity contribution in [1.29, 1.82) is 0 Å². The van der Waals surface area contributed by atoms with Gasteiger partial charge in [-0.1, -0.05) is 36.3 Å². The average Bonchev–Trinajstić information content (AvgIpc) is 2.97. The third kappa shape index (κ3) is 3.34. The summed E-state index contributed by atoms with van der Waals surface area (Å²) >= 11 is 1.64. The van der Waals surface area contributed by atoms with Gasteiger partial charge in [0, 0.05) is 10.9 Å². The number of nitrogens with zero attached hydrogens (tertiary/aromatic N) is 3. The fourth-order valence-electron chi connectivity index (χ4n) is 2.43. The summed E-state index contributed by atoms with van der Waals surface area (Å²) in [6.07, 6.45) is 5.40. The number of fused-ring (bicyclic) bond motifs is 1. The minimum absolute atomic E-state index is 0.442. The Labute approximate surface area is 140 Å². The van der Waals surface area contributed by atoms with Gasteiger partial charge in [0.2, 0.25) is 0 Å². The number of rotatable bonds is 5. The van der Waals surface area contributed by atoms with E-state index in [0.29, 0.717) is 13.1 Å². The van der Waals surface area contributed by atoms with Gasteiger partial charge < -0.3 is 10.2 Å². The SMILES string of the molecule is C#CCNc1nc(CN(C)C)nc2scc(-c3ccccc3)c12. The molecule has 4 nitrogen and oxygen atoms in total. The molecule has 0 aliphatic carbocycles. The first kappa shape index (κ1) is 15.5. The molecule has 0 saturated heterocycles. The normalized spacial score (nSPS) is 10.9. The van der Waals surface area contributed by atoms with Crippen LogP contribution in [0, 0.1) is 12.3 Å². The number of terminal acetylenes is 1. The van der Waals surface area contributed by atoms with E-state index in [1.807, 2.05) is 32.3 Å². The Balaban J connectivity index is 2.15. The van der Waals surface area contributed by atoms with E-state index in [4.69, 9.17) is 11.4 Å². The average molecular weight is 322 g/mol. The largest absolute Gasteiger partial charge is 0.358 e. The lowest BCUT2D eigenvalue weighted by Gasteiger charge is -2.11. The second kappa shape index (κ2) is 6.78. The van der Waals surface area contributed by atoms with Crippen LogP contribution >= 0.6 is 11.3 Å². The molecule has 5 heteroatoms. The maximum atomic E-state index is 5.40. The van der Waals surface area contributed by atoms with Gasteiger partial charge in [0.15, 0.2) is 0 Å². The molecule has 0 bridgehead atoms. The first-order chi connectivity index (χ1) is 11.2. The quantitative estimate of drug-likeness (QED) is 0.730. The van der Waals surface area contributed by atoms with Gasteiger partial charge >= 0.3 is 0 Å². The molecule has 0 atom stereocenters. The molecule has 0 aliphatic rings. The van der Waals surface area contributed by atoms with Gasteiger partial charge in [-0.15, -0.1) is 17.8 Å². The van der Waals surface area contributed by atoms with E-state index >= 15 is 0 Å². The van der Waals surface area contributed by atoms with Crippen LogP contribution in [0.25, 0.3) is 21.3 Å². The molecule has 0 saturated carbocycles. The molecule has 2 aromatic heterocycles. The number of hydrogen-bond acceptors (Lipinski definition) is 5. The Morgan fingerprint density at radius 1 is 1.22 bits per heavy atom. The van der Waals surface area contributed by atoms with E-state index in [9.17, 15) is 0 Å². The third-order valence-corrected chi connectivity index (χ3v) is 4.25. The summed E-state index contributed by atoms with van der Waals surface area (Å²) < 4.78 is 0. The van der Waals surface area contributed by atoms with E-state index < -0.39 is 0 Å². The van der Waals surface area contributed by atoms with Crippen molar-refractivity contribution in [3.05, 3.63) is 41.5 Å². The van der Waals surface area contributed by atoms with Crippen molar-refractivity contribution in [2.75, 3.05) is 26.0 Å². The molecule has 0 amide bonds. The molecule has 0 fully saturated rings. The molecule has 2 heterocycles. The van der Waals surface area contributed by atoms with Crippen LogP contribution in [0.2, 0.25) is 0 Å². The Bertz CT molecular complexity index is 847. The number of nitrogens with one attached hydrogen (secondary N) is 1. The maximum Gasteiger partial charge on any atom is 0.146 e. The van der Waals surface area contributed by atoms with Gasteiger partial charge in [0.1, 0.15) is 16.5 Å². The molecule has 1 aromatic carbocycles. The highest BCUT2D eigenvalue weighted by Gasteiger charge is 2.15. The highest BCUT2D eigenvalue weighted by atomic mass is 32.1. The summed E-state index contributed by atoms with van der Waals surface area (Å²) in [6, 6.07) is 10.3. The standard InChI is InChI=1S/C18H18N4S/c1-4-10-19-17-16-14(13-8-6-5-7-9-13)12-23-18(16)21-15(20-17)11-22(2)3/h1,5-9,12H,10-11H2,2-3H3,(H,19,20,21). The lowest BCUT2D eigenvalue weighted by atomic mass is 10.1. The molecule has 0 radical (unpaired) electrons. The Morgan fingerprint density at radius 3 is 2.70 bits per heavy atom. The molecule has 1 N–H and O–H groups in total. The summed E-state index contributed by atoms with van der Waals surface area (Å²) in [5, 5.41) is 6.42. The lowest BCUT2D eigenvalue weighted by molar-refractivity contribution is 0.391. The highest BCUT2D eigenvalue weighted by molar-refractivity contribution is 7.17. The lowest BCUT2D eigenvalue weighted by Crippen LogP contribution is -2.14. The topological polar surface area (TPSA) is 41.1 Å². The summed E-state index contributed by atoms with van der Waals surface area (Å²) in [5.74, 6) is 4.22. The minimum Gasteiger partial charge on any atom is -0.358 e. The van der Waals surface area contributed by atoms with Crippen LogP contribution in [0.1, 0.15) is 5.82 Å². The second-order valence-corrected chi connectivity index (χ2v) is 6.34. The highest BCUT2D eigenvalue weighted by Crippen LogP contribution is 2.36. The molecule has 3 rings (SSSR count). The Kier molecular flexibility index (Phi) is 4.56.